The molecule has 1 aliphatic rings. The monoisotopic (exact) mass is 214 g/mol. The van der Waals surface area contributed by atoms with E-state index in [1.54, 1.807) is 6.20 Å². The summed E-state index contributed by atoms with van der Waals surface area (Å²) in [4.78, 5) is 7.55. The molecule has 0 unspecified atom stereocenters. The van der Waals surface area contributed by atoms with E-state index in [4.69, 9.17) is 4.74 Å². The number of aryl methyl sites for hydroxylation is 1. The number of aromatic nitrogens is 2. The van der Waals surface area contributed by atoms with Crippen molar-refractivity contribution in [1.29, 1.82) is 0 Å². The van der Waals surface area contributed by atoms with Crippen LogP contribution in [-0.4, -0.2) is 16.6 Å². The van der Waals surface area contributed by atoms with Gasteiger partial charge in [-0.3, -0.25) is 0 Å². The zero-order valence-corrected chi connectivity index (χ0v) is 9.23. The van der Waals surface area contributed by atoms with Gasteiger partial charge in [0, 0.05) is 23.9 Å². The second-order valence-electron chi connectivity index (χ2n) is 4.21. The number of hydrogen-bond donors (Lipinski definition) is 1. The number of H-pyrrole nitrogens is 1. The quantitative estimate of drug-likeness (QED) is 0.792. The number of imidazole rings is 1. The summed E-state index contributed by atoms with van der Waals surface area (Å²) in [7, 11) is 0. The maximum absolute atomic E-state index is 5.69. The molecule has 3 nitrogen and oxygen atoms in total. The van der Waals surface area contributed by atoms with Gasteiger partial charge >= 0.3 is 0 Å². The van der Waals surface area contributed by atoms with Crippen LogP contribution >= 0.6 is 0 Å². The highest BCUT2D eigenvalue weighted by Gasteiger charge is 2.24. The van der Waals surface area contributed by atoms with Gasteiger partial charge in [-0.1, -0.05) is 12.1 Å². The smallest absolute Gasteiger partial charge is 0.123 e. The van der Waals surface area contributed by atoms with Crippen LogP contribution in [0, 0.1) is 6.92 Å². The number of aromatic amines is 1. The first-order valence-corrected chi connectivity index (χ1v) is 5.57. The predicted octanol–water partition coefficient (Wildman–Crippen LogP) is 2.63. The second kappa shape index (κ2) is 3.67. The van der Waals surface area contributed by atoms with E-state index in [2.05, 4.69) is 35.1 Å². The van der Waals surface area contributed by atoms with Crippen LogP contribution < -0.4 is 4.74 Å². The summed E-state index contributed by atoms with van der Waals surface area (Å²) in [5.74, 6) is 2.39. The van der Waals surface area contributed by atoms with E-state index in [0.717, 1.165) is 24.6 Å². The molecule has 82 valence electrons. The van der Waals surface area contributed by atoms with Gasteiger partial charge in [0.2, 0.25) is 0 Å². The highest BCUT2D eigenvalue weighted by atomic mass is 16.5. The minimum atomic E-state index is 0.347. The van der Waals surface area contributed by atoms with Gasteiger partial charge in [-0.2, -0.15) is 0 Å². The number of rotatable bonds is 1. The maximum Gasteiger partial charge on any atom is 0.123 e. The summed E-state index contributed by atoms with van der Waals surface area (Å²) in [5, 5.41) is 0. The van der Waals surface area contributed by atoms with Crippen LogP contribution in [0.3, 0.4) is 0 Å². The van der Waals surface area contributed by atoms with Crippen molar-refractivity contribution < 1.29 is 4.74 Å². The maximum atomic E-state index is 5.69. The molecule has 1 aromatic heterocycles. The third-order valence-corrected chi connectivity index (χ3v) is 3.06. The Kier molecular flexibility index (Phi) is 2.17. The van der Waals surface area contributed by atoms with Crippen molar-refractivity contribution in [3.63, 3.8) is 0 Å². The van der Waals surface area contributed by atoms with E-state index in [9.17, 15) is 0 Å². The van der Waals surface area contributed by atoms with Crippen LogP contribution in [-0.2, 0) is 0 Å². The molecule has 0 radical (unpaired) electrons. The lowest BCUT2D eigenvalue weighted by atomic mass is 9.92. The molecule has 1 aromatic carbocycles. The van der Waals surface area contributed by atoms with Gasteiger partial charge < -0.3 is 9.72 Å². The Labute approximate surface area is 94.5 Å². The van der Waals surface area contributed by atoms with Crippen LogP contribution in [0.4, 0.5) is 0 Å². The molecule has 0 saturated heterocycles. The minimum absolute atomic E-state index is 0.347. The molecule has 2 aromatic rings. The minimum Gasteiger partial charge on any atom is -0.493 e. The Morgan fingerprint density at radius 1 is 1.44 bits per heavy atom. The molecular weight excluding hydrogens is 200 g/mol. The van der Waals surface area contributed by atoms with Crippen molar-refractivity contribution in [3.8, 4) is 5.75 Å². The van der Waals surface area contributed by atoms with Crippen molar-refractivity contribution in [1.82, 2.24) is 9.97 Å². The molecule has 3 heteroatoms. The van der Waals surface area contributed by atoms with Crippen LogP contribution in [0.1, 0.15) is 29.3 Å². The first-order chi connectivity index (χ1) is 7.84. The highest BCUT2D eigenvalue weighted by molar-refractivity contribution is 5.43. The molecule has 1 N–H and O–H groups in total. The molecule has 16 heavy (non-hydrogen) atoms. The SMILES string of the molecule is Cc1ccc2c(c1)OCC[C@@H]2c1ncc[nH]1. The Balaban J connectivity index is 2.06. The van der Waals surface area contributed by atoms with E-state index in [1.165, 1.54) is 11.1 Å². The van der Waals surface area contributed by atoms with E-state index in [1.807, 2.05) is 6.20 Å². The molecule has 1 atom stereocenters. The Morgan fingerprint density at radius 2 is 2.38 bits per heavy atom. The molecular formula is C13H14N2O. The Hall–Kier alpha value is -1.77. The lowest BCUT2D eigenvalue weighted by Crippen LogP contribution is -2.16. The Morgan fingerprint density at radius 3 is 3.19 bits per heavy atom. The average molecular weight is 214 g/mol. The van der Waals surface area contributed by atoms with Crippen LogP contribution in [0.5, 0.6) is 5.75 Å². The molecule has 3 rings (SSSR count). The molecule has 0 amide bonds. The average Bonchev–Trinajstić information content (AvgIpc) is 2.81. The molecule has 0 fully saturated rings. The van der Waals surface area contributed by atoms with Crippen molar-refractivity contribution in [2.45, 2.75) is 19.3 Å². The first-order valence-electron chi connectivity index (χ1n) is 5.57. The summed E-state index contributed by atoms with van der Waals surface area (Å²) in [6.07, 6.45) is 4.67. The molecule has 0 saturated carbocycles. The molecule has 2 heterocycles. The third-order valence-electron chi connectivity index (χ3n) is 3.06. The fourth-order valence-corrected chi connectivity index (χ4v) is 2.25. The first kappa shape index (κ1) is 9.46. The van der Waals surface area contributed by atoms with Crippen molar-refractivity contribution in [3.05, 3.63) is 47.5 Å². The van der Waals surface area contributed by atoms with E-state index >= 15 is 0 Å². The number of hydrogen-bond acceptors (Lipinski definition) is 2. The standard InChI is InChI=1S/C13H14N2O/c1-9-2-3-10-11(13-14-5-6-15-13)4-7-16-12(10)8-9/h2-3,5-6,8,11H,4,7H2,1H3,(H,14,15)/t11-/m0/s1. The van der Waals surface area contributed by atoms with E-state index in [-0.39, 0.29) is 0 Å². The predicted molar refractivity (Wildman–Crippen MR) is 61.7 cm³/mol. The fourth-order valence-electron chi connectivity index (χ4n) is 2.25. The van der Waals surface area contributed by atoms with Crippen molar-refractivity contribution in [2.24, 2.45) is 0 Å². The number of benzene rings is 1. The van der Waals surface area contributed by atoms with E-state index < -0.39 is 0 Å². The summed E-state index contributed by atoms with van der Waals surface area (Å²) in [5.41, 5.74) is 2.48. The summed E-state index contributed by atoms with van der Waals surface area (Å²) in [6.45, 7) is 2.85. The fraction of sp³-hybridized carbons (Fsp3) is 0.308. The van der Waals surface area contributed by atoms with Crippen molar-refractivity contribution in [2.75, 3.05) is 6.61 Å². The zero-order chi connectivity index (χ0) is 11.0. The van der Waals surface area contributed by atoms with Gasteiger partial charge in [0.15, 0.2) is 0 Å². The number of fused-ring (bicyclic) bond motifs is 1. The highest BCUT2D eigenvalue weighted by Crippen LogP contribution is 2.36. The topological polar surface area (TPSA) is 37.9 Å². The van der Waals surface area contributed by atoms with Crippen LogP contribution in [0.2, 0.25) is 0 Å². The second-order valence-corrected chi connectivity index (χ2v) is 4.21. The van der Waals surface area contributed by atoms with Gasteiger partial charge in [-0.15, -0.1) is 0 Å². The number of nitrogens with one attached hydrogen (secondary N) is 1. The molecule has 0 spiro atoms. The van der Waals surface area contributed by atoms with Crippen molar-refractivity contribution >= 4 is 0 Å². The number of ether oxygens (including phenoxy) is 1. The summed E-state index contributed by atoms with van der Waals surface area (Å²) >= 11 is 0. The summed E-state index contributed by atoms with van der Waals surface area (Å²) < 4.78 is 5.69. The van der Waals surface area contributed by atoms with E-state index in [0.29, 0.717) is 5.92 Å². The molecule has 1 aliphatic heterocycles. The number of nitrogens with zero attached hydrogens (tertiary/aromatic N) is 1. The van der Waals surface area contributed by atoms with Gasteiger partial charge in [0.05, 0.1) is 6.61 Å². The lowest BCUT2D eigenvalue weighted by Gasteiger charge is -2.24. The largest absolute Gasteiger partial charge is 0.493 e. The normalized spacial score (nSPS) is 18.9. The summed E-state index contributed by atoms with van der Waals surface area (Å²) in [6, 6.07) is 6.38. The lowest BCUT2D eigenvalue weighted by molar-refractivity contribution is 0.274. The van der Waals surface area contributed by atoms with Gasteiger partial charge in [-0.05, 0) is 25.0 Å². The third kappa shape index (κ3) is 1.48. The van der Waals surface area contributed by atoms with Gasteiger partial charge in [0.25, 0.3) is 0 Å². The van der Waals surface area contributed by atoms with Crippen LogP contribution in [0.25, 0.3) is 0 Å². The Bertz CT molecular complexity index is 491. The molecule has 0 bridgehead atoms. The molecule has 0 aliphatic carbocycles. The zero-order valence-electron chi connectivity index (χ0n) is 9.23. The van der Waals surface area contributed by atoms with Gasteiger partial charge in [0.1, 0.15) is 11.6 Å². The van der Waals surface area contributed by atoms with Crippen LogP contribution in [0.15, 0.2) is 30.6 Å². The van der Waals surface area contributed by atoms with Gasteiger partial charge in [-0.25, -0.2) is 4.98 Å².